The Morgan fingerprint density at radius 2 is 2.00 bits per heavy atom. The van der Waals surface area contributed by atoms with Gasteiger partial charge in [-0.15, -0.1) is 11.3 Å². The molecule has 0 amide bonds. The predicted molar refractivity (Wildman–Crippen MR) is 87.9 cm³/mol. The van der Waals surface area contributed by atoms with Gasteiger partial charge in [0.1, 0.15) is 11.6 Å². The molecule has 0 unspecified atom stereocenters. The highest BCUT2D eigenvalue weighted by molar-refractivity contribution is 7.13. The Labute approximate surface area is 131 Å². The van der Waals surface area contributed by atoms with Crippen molar-refractivity contribution in [3.8, 4) is 27.8 Å². The van der Waals surface area contributed by atoms with Crippen LogP contribution in [0.5, 0.6) is 0 Å². The summed E-state index contributed by atoms with van der Waals surface area (Å²) in [5.41, 5.74) is 4.90. The maximum Gasteiger partial charge on any atom is 0.267 e. The normalized spacial score (nSPS) is 12.3. The number of hydrogen-bond donors (Lipinski definition) is 1. The number of hydrogen-bond acceptors (Lipinski definition) is 3. The lowest BCUT2D eigenvalue weighted by Crippen LogP contribution is -2.18. The van der Waals surface area contributed by atoms with Crippen molar-refractivity contribution >= 4 is 11.3 Å². The van der Waals surface area contributed by atoms with E-state index in [0.717, 1.165) is 40.1 Å². The average molecular weight is 304 g/mol. The molecule has 1 aliphatic carbocycles. The molecule has 0 fully saturated rings. The fourth-order valence-electron chi connectivity index (χ4n) is 3.17. The second-order valence-electron chi connectivity index (χ2n) is 5.30. The maximum absolute atomic E-state index is 12.4. The largest absolute Gasteiger partial charge is 0.320 e. The zero-order chi connectivity index (χ0) is 15.1. The number of nitrogens with zero attached hydrogens (tertiary/aromatic N) is 1. The molecule has 3 aromatic rings. The Balaban J connectivity index is 2.12. The molecule has 0 bridgehead atoms. The topological polar surface area (TPSA) is 56.6 Å². The standard InChI is InChI=1S/C18H12N2OS/c19-10-14-16-12-5-2-1-4-11(12)7-8-13(16)17(20-18(14)21)15-6-3-9-22-15/h1-6,9H,7-8H2,(H,20,21). The number of benzene rings is 1. The van der Waals surface area contributed by atoms with E-state index in [1.807, 2.05) is 35.7 Å². The smallest absolute Gasteiger partial charge is 0.267 e. The van der Waals surface area contributed by atoms with E-state index in [2.05, 4.69) is 17.1 Å². The van der Waals surface area contributed by atoms with Crippen LogP contribution in [-0.4, -0.2) is 4.98 Å². The molecular formula is C18H12N2OS. The zero-order valence-electron chi connectivity index (χ0n) is 11.7. The Bertz CT molecular complexity index is 962. The van der Waals surface area contributed by atoms with E-state index in [1.165, 1.54) is 5.56 Å². The number of pyridine rings is 1. The minimum atomic E-state index is -0.304. The van der Waals surface area contributed by atoms with Gasteiger partial charge in [0, 0.05) is 5.56 Å². The molecule has 22 heavy (non-hydrogen) atoms. The zero-order valence-corrected chi connectivity index (χ0v) is 12.5. The third-order valence-electron chi connectivity index (χ3n) is 4.13. The fraction of sp³-hybridized carbons (Fsp3) is 0.111. The van der Waals surface area contributed by atoms with Crippen LogP contribution in [0, 0.1) is 11.3 Å². The summed E-state index contributed by atoms with van der Waals surface area (Å²) in [6.07, 6.45) is 1.77. The second-order valence-corrected chi connectivity index (χ2v) is 6.25. The van der Waals surface area contributed by atoms with Gasteiger partial charge < -0.3 is 4.98 Å². The van der Waals surface area contributed by atoms with E-state index < -0.39 is 0 Å². The van der Waals surface area contributed by atoms with Gasteiger partial charge in [0.25, 0.3) is 5.56 Å². The van der Waals surface area contributed by atoms with Crippen LogP contribution in [0.3, 0.4) is 0 Å². The number of thiophene rings is 1. The van der Waals surface area contributed by atoms with E-state index >= 15 is 0 Å². The third-order valence-corrected chi connectivity index (χ3v) is 5.02. The fourth-order valence-corrected chi connectivity index (χ4v) is 3.92. The third kappa shape index (κ3) is 1.83. The number of nitriles is 1. The van der Waals surface area contributed by atoms with Crippen molar-refractivity contribution in [2.75, 3.05) is 0 Å². The Kier molecular flexibility index (Phi) is 2.95. The molecule has 0 spiro atoms. The number of fused-ring (bicyclic) bond motifs is 3. The van der Waals surface area contributed by atoms with Gasteiger partial charge >= 0.3 is 0 Å². The Morgan fingerprint density at radius 3 is 2.77 bits per heavy atom. The molecule has 1 aliphatic rings. The second kappa shape index (κ2) is 4.97. The molecule has 4 heteroatoms. The SMILES string of the molecule is N#Cc1c2c(c(-c3cccs3)[nH]c1=O)CCc1ccccc1-2. The molecule has 4 rings (SSSR count). The number of aromatic nitrogens is 1. The van der Waals surface area contributed by atoms with Gasteiger partial charge in [-0.2, -0.15) is 5.26 Å². The minimum absolute atomic E-state index is 0.224. The summed E-state index contributed by atoms with van der Waals surface area (Å²) in [7, 11) is 0. The van der Waals surface area contributed by atoms with Crippen molar-refractivity contribution < 1.29 is 0 Å². The summed E-state index contributed by atoms with van der Waals surface area (Å²) in [6, 6.07) is 14.1. The van der Waals surface area contributed by atoms with Crippen LogP contribution in [-0.2, 0) is 12.8 Å². The lowest BCUT2D eigenvalue weighted by molar-refractivity contribution is 0.929. The molecule has 0 aliphatic heterocycles. The number of H-pyrrole nitrogens is 1. The molecule has 106 valence electrons. The van der Waals surface area contributed by atoms with Crippen LogP contribution in [0.4, 0.5) is 0 Å². The molecule has 1 N–H and O–H groups in total. The lowest BCUT2D eigenvalue weighted by Gasteiger charge is -2.22. The van der Waals surface area contributed by atoms with Gasteiger partial charge in [-0.1, -0.05) is 30.3 Å². The van der Waals surface area contributed by atoms with E-state index in [1.54, 1.807) is 11.3 Å². The van der Waals surface area contributed by atoms with Gasteiger partial charge in [0.05, 0.1) is 10.6 Å². The van der Waals surface area contributed by atoms with Gasteiger partial charge in [-0.25, -0.2) is 0 Å². The molecule has 0 saturated heterocycles. The summed E-state index contributed by atoms with van der Waals surface area (Å²) in [6.45, 7) is 0. The Morgan fingerprint density at radius 1 is 1.14 bits per heavy atom. The van der Waals surface area contributed by atoms with Crippen molar-refractivity contribution in [1.82, 2.24) is 4.98 Å². The van der Waals surface area contributed by atoms with Crippen molar-refractivity contribution in [2.45, 2.75) is 12.8 Å². The van der Waals surface area contributed by atoms with Gasteiger partial charge in [-0.3, -0.25) is 4.79 Å². The van der Waals surface area contributed by atoms with Crippen molar-refractivity contribution in [3.63, 3.8) is 0 Å². The average Bonchev–Trinajstić information content (AvgIpc) is 3.08. The van der Waals surface area contributed by atoms with Crippen molar-refractivity contribution in [2.24, 2.45) is 0 Å². The van der Waals surface area contributed by atoms with Gasteiger partial charge in [0.2, 0.25) is 0 Å². The number of nitrogens with one attached hydrogen (secondary N) is 1. The summed E-state index contributed by atoms with van der Waals surface area (Å²) in [5, 5.41) is 11.4. The number of aromatic amines is 1. The quantitative estimate of drug-likeness (QED) is 0.744. The molecule has 2 aromatic heterocycles. The van der Waals surface area contributed by atoms with E-state index in [9.17, 15) is 10.1 Å². The first-order chi connectivity index (χ1) is 10.8. The predicted octanol–water partition coefficient (Wildman–Crippen LogP) is 3.74. The lowest BCUT2D eigenvalue weighted by atomic mass is 9.82. The number of aryl methyl sites for hydroxylation is 1. The number of rotatable bonds is 1. The summed E-state index contributed by atoms with van der Waals surface area (Å²) in [4.78, 5) is 16.3. The maximum atomic E-state index is 12.4. The van der Waals surface area contributed by atoms with Crippen molar-refractivity contribution in [3.05, 3.63) is 68.8 Å². The van der Waals surface area contributed by atoms with Crippen LogP contribution < -0.4 is 5.56 Å². The Hall–Kier alpha value is -2.64. The summed E-state index contributed by atoms with van der Waals surface area (Å²) in [5.74, 6) is 0. The van der Waals surface area contributed by atoms with Crippen LogP contribution in [0.15, 0.2) is 46.6 Å². The van der Waals surface area contributed by atoms with Crippen molar-refractivity contribution in [1.29, 1.82) is 5.26 Å². The molecule has 1 aromatic carbocycles. The highest BCUT2D eigenvalue weighted by atomic mass is 32.1. The van der Waals surface area contributed by atoms with Crippen LogP contribution in [0.1, 0.15) is 16.7 Å². The van der Waals surface area contributed by atoms with Crippen LogP contribution in [0.25, 0.3) is 21.7 Å². The molecule has 2 heterocycles. The molecule has 0 atom stereocenters. The van der Waals surface area contributed by atoms with Crippen LogP contribution >= 0.6 is 11.3 Å². The summed E-state index contributed by atoms with van der Waals surface area (Å²) < 4.78 is 0. The molecule has 0 radical (unpaired) electrons. The monoisotopic (exact) mass is 304 g/mol. The molecule has 0 saturated carbocycles. The van der Waals surface area contributed by atoms with Gasteiger partial charge in [-0.05, 0) is 41.0 Å². The molecular weight excluding hydrogens is 292 g/mol. The summed E-state index contributed by atoms with van der Waals surface area (Å²) >= 11 is 1.60. The first kappa shape index (κ1) is 13.1. The molecule has 3 nitrogen and oxygen atoms in total. The highest BCUT2D eigenvalue weighted by Gasteiger charge is 2.25. The van der Waals surface area contributed by atoms with Gasteiger partial charge in [0.15, 0.2) is 0 Å². The van der Waals surface area contributed by atoms with E-state index in [0.29, 0.717) is 0 Å². The first-order valence-electron chi connectivity index (χ1n) is 7.11. The van der Waals surface area contributed by atoms with E-state index in [-0.39, 0.29) is 11.1 Å². The van der Waals surface area contributed by atoms with E-state index in [4.69, 9.17) is 0 Å². The highest BCUT2D eigenvalue weighted by Crippen LogP contribution is 2.39. The minimum Gasteiger partial charge on any atom is -0.320 e. The van der Waals surface area contributed by atoms with Crippen LogP contribution in [0.2, 0.25) is 0 Å². The first-order valence-corrected chi connectivity index (χ1v) is 7.99.